The fraction of sp³-hybridized carbons (Fsp3) is 0.158. The first-order chi connectivity index (χ1) is 16.1. The maximum absolute atomic E-state index is 12.6. The van der Waals surface area contributed by atoms with Crippen LogP contribution in [0.2, 0.25) is 0 Å². The number of benzene rings is 1. The van der Waals surface area contributed by atoms with Gasteiger partial charge in [-0.1, -0.05) is 28.6 Å². The van der Waals surface area contributed by atoms with Crippen molar-refractivity contribution in [3.05, 3.63) is 45.8 Å². The number of carbonyl (C=O) groups excluding carboxylic acids is 1. The number of alkyl halides is 3. The van der Waals surface area contributed by atoms with Gasteiger partial charge in [0.1, 0.15) is 34.1 Å². The molecule has 3 rings (SSSR count). The second-order valence-corrected chi connectivity index (χ2v) is 7.38. The highest BCUT2D eigenvalue weighted by atomic mass is 32.2. The summed E-state index contributed by atoms with van der Waals surface area (Å²) in [7, 11) is 1.40. The van der Waals surface area contributed by atoms with E-state index < -0.39 is 29.4 Å². The number of rotatable bonds is 6. The maximum Gasteiger partial charge on any atom is 0.573 e. The molecule has 0 radical (unpaired) electrons. The van der Waals surface area contributed by atoms with Crippen molar-refractivity contribution in [2.24, 2.45) is 7.05 Å². The van der Waals surface area contributed by atoms with E-state index in [0.717, 1.165) is 22.5 Å². The standard InChI is InChI=1S/C19H12F3N7O4S/c1-29-15(18(31)33-28-29)14-9(6-23)16(25)27-17(10(14)7-24)34-8-13(30)26-11-4-2-3-5-12(11)32-19(20,21)22/h2-5H,8H2,1H3,(H3-,25,26,27,28,30,31)/p+1. The van der Waals surface area contributed by atoms with Crippen LogP contribution in [-0.4, -0.2) is 28.3 Å². The fourth-order valence-electron chi connectivity index (χ4n) is 2.85. The number of halogens is 3. The number of hydrogen-bond donors (Lipinski definition) is 3. The fourth-order valence-corrected chi connectivity index (χ4v) is 3.65. The van der Waals surface area contributed by atoms with Crippen molar-refractivity contribution in [3.63, 3.8) is 0 Å². The summed E-state index contributed by atoms with van der Waals surface area (Å²) in [6, 6.07) is 8.58. The Morgan fingerprint density at radius 1 is 1.32 bits per heavy atom. The quantitative estimate of drug-likeness (QED) is 0.342. The predicted molar refractivity (Wildman–Crippen MR) is 110 cm³/mol. The monoisotopic (exact) mass is 492 g/mol. The third kappa shape index (κ3) is 5.11. The van der Waals surface area contributed by atoms with Gasteiger partial charge in [-0.3, -0.25) is 9.32 Å². The predicted octanol–water partition coefficient (Wildman–Crippen LogP) is 1.81. The van der Waals surface area contributed by atoms with Gasteiger partial charge in [0.2, 0.25) is 5.91 Å². The van der Waals surface area contributed by atoms with Gasteiger partial charge in [0.25, 0.3) is 0 Å². The molecule has 2 heterocycles. The zero-order chi connectivity index (χ0) is 25.0. The van der Waals surface area contributed by atoms with Gasteiger partial charge < -0.3 is 15.8 Å². The Kier molecular flexibility index (Phi) is 6.78. The first-order valence-electron chi connectivity index (χ1n) is 9.04. The Balaban J connectivity index is 1.91. The molecule has 0 aliphatic heterocycles. The van der Waals surface area contributed by atoms with E-state index >= 15 is 0 Å². The zero-order valence-electron chi connectivity index (χ0n) is 17.1. The summed E-state index contributed by atoms with van der Waals surface area (Å²) in [5.41, 5.74) is 3.96. The molecule has 15 heteroatoms. The van der Waals surface area contributed by atoms with E-state index in [-0.39, 0.29) is 38.9 Å². The minimum Gasteiger partial charge on any atom is -0.404 e. The maximum atomic E-state index is 12.6. The molecule has 0 atom stereocenters. The van der Waals surface area contributed by atoms with Crippen molar-refractivity contribution in [3.8, 4) is 29.1 Å². The molecule has 0 spiro atoms. The topological polar surface area (TPSA) is 175 Å². The molecular formula is C19H13F3N7O4S+. The van der Waals surface area contributed by atoms with Gasteiger partial charge in [0.15, 0.2) is 12.8 Å². The molecule has 2 aromatic heterocycles. The van der Waals surface area contributed by atoms with E-state index in [4.69, 9.17) is 5.73 Å². The summed E-state index contributed by atoms with van der Waals surface area (Å²) in [5.74, 6) is -2.06. The normalized spacial score (nSPS) is 10.9. The van der Waals surface area contributed by atoms with E-state index in [1.165, 1.54) is 25.2 Å². The zero-order valence-corrected chi connectivity index (χ0v) is 17.9. The van der Waals surface area contributed by atoms with Crippen LogP contribution in [0.5, 0.6) is 5.75 Å². The Labute approximate surface area is 192 Å². The number of carbonyl (C=O) groups is 1. The van der Waals surface area contributed by atoms with Gasteiger partial charge in [0.05, 0.1) is 17.0 Å². The molecule has 0 saturated heterocycles. The molecule has 1 aromatic carbocycles. The van der Waals surface area contributed by atoms with Crippen LogP contribution >= 0.6 is 11.8 Å². The van der Waals surface area contributed by atoms with Crippen LogP contribution in [0.25, 0.3) is 11.3 Å². The summed E-state index contributed by atoms with van der Waals surface area (Å²) in [4.78, 5) is 28.5. The molecule has 0 bridgehead atoms. The number of thioether (sulfide) groups is 1. The lowest BCUT2D eigenvalue weighted by Crippen LogP contribution is -2.34. The smallest absolute Gasteiger partial charge is 0.404 e. The molecule has 0 fully saturated rings. The molecule has 11 nitrogen and oxygen atoms in total. The number of anilines is 2. The van der Waals surface area contributed by atoms with E-state index in [0.29, 0.717) is 0 Å². The number of aromatic nitrogens is 3. The van der Waals surface area contributed by atoms with Gasteiger partial charge in [-0.05, 0) is 17.4 Å². The molecular weight excluding hydrogens is 479 g/mol. The summed E-state index contributed by atoms with van der Waals surface area (Å²) < 4.78 is 47.4. The number of aromatic amines is 1. The number of ether oxygens (including phenoxy) is 1. The molecule has 3 aromatic rings. The largest absolute Gasteiger partial charge is 0.573 e. The highest BCUT2D eigenvalue weighted by Crippen LogP contribution is 2.34. The van der Waals surface area contributed by atoms with Gasteiger partial charge in [-0.25, -0.2) is 9.78 Å². The van der Waals surface area contributed by atoms with Crippen LogP contribution < -0.4 is 26.1 Å². The van der Waals surface area contributed by atoms with Crippen LogP contribution in [-0.2, 0) is 11.8 Å². The second kappa shape index (κ2) is 9.55. The van der Waals surface area contributed by atoms with Crippen LogP contribution in [0.15, 0.2) is 38.6 Å². The minimum atomic E-state index is -4.96. The van der Waals surface area contributed by atoms with Gasteiger partial charge in [-0.15, -0.1) is 13.2 Å². The van der Waals surface area contributed by atoms with E-state index in [1.807, 2.05) is 6.07 Å². The lowest BCUT2D eigenvalue weighted by atomic mass is 10.0. The van der Waals surface area contributed by atoms with Crippen molar-refractivity contribution in [2.75, 3.05) is 16.8 Å². The Morgan fingerprint density at radius 3 is 2.59 bits per heavy atom. The molecule has 1 amide bonds. The Morgan fingerprint density at radius 2 is 2.00 bits per heavy atom. The number of H-pyrrole nitrogens is 1. The number of aryl methyl sites for hydroxylation is 1. The van der Waals surface area contributed by atoms with Crippen LogP contribution in [0, 0.1) is 22.7 Å². The first-order valence-corrected chi connectivity index (χ1v) is 10.0. The van der Waals surface area contributed by atoms with Crippen LogP contribution in [0.3, 0.4) is 0 Å². The van der Waals surface area contributed by atoms with Crippen molar-refractivity contribution >= 4 is 29.2 Å². The number of amides is 1. The molecule has 4 N–H and O–H groups in total. The van der Waals surface area contributed by atoms with Crippen molar-refractivity contribution < 1.29 is 31.9 Å². The van der Waals surface area contributed by atoms with E-state index in [9.17, 15) is 33.3 Å². The molecule has 174 valence electrons. The number of nitrogens with zero attached hydrogens (tertiary/aromatic N) is 4. The first kappa shape index (κ1) is 24.1. The minimum absolute atomic E-state index is 0.0791. The highest BCUT2D eigenvalue weighted by Gasteiger charge is 2.33. The number of nitrogen functional groups attached to an aromatic ring is 1. The number of nitriles is 2. The van der Waals surface area contributed by atoms with Crippen LogP contribution in [0.4, 0.5) is 24.7 Å². The Bertz CT molecular complexity index is 1400. The summed E-state index contributed by atoms with van der Waals surface area (Å²) in [6.45, 7) is 0. The highest BCUT2D eigenvalue weighted by molar-refractivity contribution is 8.00. The molecule has 0 aliphatic carbocycles. The van der Waals surface area contributed by atoms with E-state index in [1.54, 1.807) is 6.07 Å². The lowest BCUT2D eigenvalue weighted by molar-refractivity contribution is -0.730. The van der Waals surface area contributed by atoms with Gasteiger partial charge in [-0.2, -0.15) is 10.5 Å². The summed E-state index contributed by atoms with van der Waals surface area (Å²) >= 11 is 0.724. The summed E-state index contributed by atoms with van der Waals surface area (Å²) in [5, 5.41) is 23.7. The number of nitrogens with one attached hydrogen (secondary N) is 2. The SMILES string of the molecule is C[n+]1[nH]oc(=O)c1-c1c(C#N)c(N)nc(SCC(=O)Nc2ccccc2OC(F)(F)F)c1C#N. The number of nitrogens with two attached hydrogens (primary N) is 1. The van der Waals surface area contributed by atoms with Crippen molar-refractivity contribution in [1.29, 1.82) is 10.5 Å². The van der Waals surface area contributed by atoms with Gasteiger partial charge >= 0.3 is 17.7 Å². The number of para-hydroxylation sites is 2. The average molecular weight is 492 g/mol. The molecule has 34 heavy (non-hydrogen) atoms. The third-order valence-electron chi connectivity index (χ3n) is 4.18. The summed E-state index contributed by atoms with van der Waals surface area (Å²) in [6.07, 6.45) is -4.96. The molecule has 0 unspecified atom stereocenters. The third-order valence-corrected chi connectivity index (χ3v) is 5.16. The average Bonchev–Trinajstić information content (AvgIpc) is 3.09. The van der Waals surface area contributed by atoms with Crippen molar-refractivity contribution in [1.82, 2.24) is 10.3 Å². The Hall–Kier alpha value is -4.50. The van der Waals surface area contributed by atoms with Crippen molar-refractivity contribution in [2.45, 2.75) is 11.4 Å². The molecule has 0 saturated carbocycles. The molecule has 0 aliphatic rings. The van der Waals surface area contributed by atoms with Crippen LogP contribution in [0.1, 0.15) is 11.1 Å². The number of pyridine rings is 1. The van der Waals surface area contributed by atoms with E-state index in [2.05, 4.69) is 24.8 Å². The lowest BCUT2D eigenvalue weighted by Gasteiger charge is -2.14. The number of hydrogen-bond acceptors (Lipinski definition) is 9. The van der Waals surface area contributed by atoms with Gasteiger partial charge in [0, 0.05) is 0 Å². The second-order valence-electron chi connectivity index (χ2n) is 6.42.